The quantitative estimate of drug-likeness (QED) is 0.900. The van der Waals surface area contributed by atoms with Gasteiger partial charge in [0.25, 0.3) is 0 Å². The summed E-state index contributed by atoms with van der Waals surface area (Å²) < 4.78 is 5.44. The van der Waals surface area contributed by atoms with Crippen molar-refractivity contribution in [3.8, 4) is 5.88 Å². The minimum absolute atomic E-state index is 0.271. The van der Waals surface area contributed by atoms with Crippen molar-refractivity contribution in [2.24, 2.45) is 5.73 Å². The van der Waals surface area contributed by atoms with Crippen LogP contribution in [0, 0.1) is 0 Å². The molecule has 1 aliphatic heterocycles. The van der Waals surface area contributed by atoms with Gasteiger partial charge in [0.1, 0.15) is 0 Å². The van der Waals surface area contributed by atoms with Crippen LogP contribution in [0.25, 0.3) is 0 Å². The van der Waals surface area contributed by atoms with Crippen molar-refractivity contribution in [1.29, 1.82) is 0 Å². The maximum atomic E-state index is 5.91. The van der Waals surface area contributed by atoms with Crippen LogP contribution in [0.2, 0.25) is 0 Å². The molecule has 100 valence electrons. The highest BCUT2D eigenvalue weighted by Crippen LogP contribution is 2.35. The number of thioether (sulfide) groups is 1. The average molecular weight is 267 g/mol. The third-order valence-electron chi connectivity index (χ3n) is 3.77. The molecule has 1 aromatic heterocycles. The lowest BCUT2D eigenvalue weighted by Crippen LogP contribution is -2.46. The second-order valence-electron chi connectivity index (χ2n) is 4.63. The maximum Gasteiger partial charge on any atom is 0.214 e. The van der Waals surface area contributed by atoms with Gasteiger partial charge < -0.3 is 15.4 Å². The van der Waals surface area contributed by atoms with Crippen molar-refractivity contribution in [2.45, 2.75) is 17.6 Å². The van der Waals surface area contributed by atoms with Crippen LogP contribution >= 0.6 is 11.8 Å². The van der Waals surface area contributed by atoms with Gasteiger partial charge in [-0.25, -0.2) is 4.98 Å². The van der Waals surface area contributed by atoms with Gasteiger partial charge in [0.05, 0.1) is 7.11 Å². The number of pyridine rings is 1. The molecule has 0 bridgehead atoms. The molecular weight excluding hydrogens is 246 g/mol. The molecule has 0 atom stereocenters. The van der Waals surface area contributed by atoms with Gasteiger partial charge >= 0.3 is 0 Å². The summed E-state index contributed by atoms with van der Waals surface area (Å²) in [6, 6.07) is 4.03. The number of hydrogen-bond donors (Lipinski definition) is 1. The molecule has 1 aliphatic rings. The largest absolute Gasteiger partial charge is 0.481 e. The molecule has 4 nitrogen and oxygen atoms in total. The fraction of sp³-hybridized carbons (Fsp3) is 0.615. The van der Waals surface area contributed by atoms with Crippen LogP contribution < -0.4 is 15.4 Å². The number of methoxy groups -OCH3 is 1. The monoisotopic (exact) mass is 267 g/mol. The number of rotatable bonds is 4. The Bertz CT molecular complexity index is 386. The van der Waals surface area contributed by atoms with Crippen LogP contribution in [-0.2, 0) is 0 Å². The highest BCUT2D eigenvalue weighted by atomic mass is 32.2. The fourth-order valence-electron chi connectivity index (χ4n) is 2.37. The van der Waals surface area contributed by atoms with E-state index in [4.69, 9.17) is 10.5 Å². The predicted octanol–water partition coefficient (Wildman–Crippen LogP) is 1.75. The molecule has 0 spiro atoms. The van der Waals surface area contributed by atoms with Crippen LogP contribution in [0.3, 0.4) is 0 Å². The van der Waals surface area contributed by atoms with Crippen LogP contribution in [0.15, 0.2) is 18.3 Å². The average Bonchev–Trinajstić information content (AvgIpc) is 2.47. The first-order valence-electron chi connectivity index (χ1n) is 6.23. The van der Waals surface area contributed by atoms with Gasteiger partial charge in [-0.2, -0.15) is 11.8 Å². The van der Waals surface area contributed by atoms with Crippen molar-refractivity contribution in [3.05, 3.63) is 18.3 Å². The minimum atomic E-state index is 0.271. The summed E-state index contributed by atoms with van der Waals surface area (Å²) >= 11 is 1.91. The SMILES string of the molecule is COc1cc(N2CCC(CN)(SC)CC2)ccn1. The Morgan fingerprint density at radius 2 is 2.22 bits per heavy atom. The summed E-state index contributed by atoms with van der Waals surface area (Å²) in [6.07, 6.45) is 6.23. The molecule has 0 radical (unpaired) electrons. The predicted molar refractivity (Wildman–Crippen MR) is 77.5 cm³/mol. The summed E-state index contributed by atoms with van der Waals surface area (Å²) in [7, 11) is 1.65. The Hall–Kier alpha value is -0.940. The Morgan fingerprint density at radius 1 is 1.50 bits per heavy atom. The summed E-state index contributed by atoms with van der Waals surface area (Å²) in [6.45, 7) is 2.86. The van der Waals surface area contributed by atoms with Gasteiger partial charge in [-0.05, 0) is 25.2 Å². The van der Waals surface area contributed by atoms with Gasteiger partial charge in [-0.3, -0.25) is 0 Å². The molecule has 0 saturated carbocycles. The number of anilines is 1. The summed E-state index contributed by atoms with van der Waals surface area (Å²) in [5, 5.41) is 0. The molecule has 0 aliphatic carbocycles. The molecule has 5 heteroatoms. The number of aromatic nitrogens is 1. The number of piperidine rings is 1. The van der Waals surface area contributed by atoms with Crippen molar-refractivity contribution in [1.82, 2.24) is 4.98 Å². The number of ether oxygens (including phenoxy) is 1. The van der Waals surface area contributed by atoms with E-state index >= 15 is 0 Å². The summed E-state index contributed by atoms with van der Waals surface area (Å²) in [5.41, 5.74) is 7.10. The first kappa shape index (κ1) is 13.5. The molecule has 0 aromatic carbocycles. The number of nitrogens with two attached hydrogens (primary N) is 1. The normalized spacial score (nSPS) is 18.7. The van der Waals surface area contributed by atoms with E-state index < -0.39 is 0 Å². The van der Waals surface area contributed by atoms with Crippen molar-refractivity contribution in [2.75, 3.05) is 37.9 Å². The lowest BCUT2D eigenvalue weighted by Gasteiger charge is -2.41. The van der Waals surface area contributed by atoms with E-state index in [9.17, 15) is 0 Å². The first-order chi connectivity index (χ1) is 8.73. The number of hydrogen-bond acceptors (Lipinski definition) is 5. The Labute approximate surface area is 113 Å². The van der Waals surface area contributed by atoms with E-state index in [1.807, 2.05) is 23.9 Å². The fourth-order valence-corrected chi connectivity index (χ4v) is 3.13. The Balaban J connectivity index is 2.04. The number of nitrogens with zero attached hydrogens (tertiary/aromatic N) is 2. The third kappa shape index (κ3) is 2.72. The maximum absolute atomic E-state index is 5.91. The highest BCUT2D eigenvalue weighted by molar-refractivity contribution is 8.00. The third-order valence-corrected chi connectivity index (χ3v) is 5.21. The van der Waals surface area contributed by atoms with Crippen molar-refractivity contribution < 1.29 is 4.74 Å². The molecule has 1 aromatic rings. The van der Waals surface area contributed by atoms with Gasteiger partial charge in [0.15, 0.2) is 0 Å². The van der Waals surface area contributed by atoms with Crippen LogP contribution in [0.5, 0.6) is 5.88 Å². The summed E-state index contributed by atoms with van der Waals surface area (Å²) in [5.74, 6) is 0.674. The van der Waals surface area contributed by atoms with Crippen molar-refractivity contribution >= 4 is 17.4 Å². The standard InChI is InChI=1S/C13H21N3OS/c1-17-12-9-11(3-6-15-12)16-7-4-13(10-14,18-2)5-8-16/h3,6,9H,4-5,7-8,10,14H2,1-2H3. The van der Waals surface area contributed by atoms with Gasteiger partial charge in [0.2, 0.25) is 5.88 Å². The van der Waals surface area contributed by atoms with Crippen LogP contribution in [-0.4, -0.2) is 42.7 Å². The van der Waals surface area contributed by atoms with E-state index in [2.05, 4.69) is 16.1 Å². The van der Waals surface area contributed by atoms with Crippen LogP contribution in [0.1, 0.15) is 12.8 Å². The zero-order chi connectivity index (χ0) is 13.0. The first-order valence-corrected chi connectivity index (χ1v) is 7.46. The van der Waals surface area contributed by atoms with E-state index in [1.165, 1.54) is 5.69 Å². The van der Waals surface area contributed by atoms with Crippen LogP contribution in [0.4, 0.5) is 5.69 Å². The molecular formula is C13H21N3OS. The highest BCUT2D eigenvalue weighted by Gasteiger charge is 2.32. The molecule has 2 N–H and O–H groups in total. The molecule has 0 unspecified atom stereocenters. The van der Waals surface area contributed by atoms with E-state index in [1.54, 1.807) is 13.3 Å². The Kier molecular flexibility index (Phi) is 4.35. The molecule has 18 heavy (non-hydrogen) atoms. The molecule has 1 fully saturated rings. The molecule has 2 heterocycles. The second-order valence-corrected chi connectivity index (χ2v) is 5.91. The molecule has 1 saturated heterocycles. The molecule has 2 rings (SSSR count). The Morgan fingerprint density at radius 3 is 2.78 bits per heavy atom. The smallest absolute Gasteiger partial charge is 0.214 e. The summed E-state index contributed by atoms with van der Waals surface area (Å²) in [4.78, 5) is 6.52. The van der Waals surface area contributed by atoms with E-state index in [0.29, 0.717) is 5.88 Å². The second kappa shape index (κ2) is 5.80. The lowest BCUT2D eigenvalue weighted by atomic mass is 9.95. The zero-order valence-electron chi connectivity index (χ0n) is 11.1. The van der Waals surface area contributed by atoms with E-state index in [-0.39, 0.29) is 4.75 Å². The van der Waals surface area contributed by atoms with Gasteiger partial charge in [-0.15, -0.1) is 0 Å². The minimum Gasteiger partial charge on any atom is -0.481 e. The zero-order valence-corrected chi connectivity index (χ0v) is 11.9. The topological polar surface area (TPSA) is 51.4 Å². The molecule has 0 amide bonds. The van der Waals surface area contributed by atoms with Gasteiger partial charge in [0, 0.05) is 42.3 Å². The lowest BCUT2D eigenvalue weighted by molar-refractivity contribution is 0.397. The van der Waals surface area contributed by atoms with Crippen molar-refractivity contribution in [3.63, 3.8) is 0 Å². The van der Waals surface area contributed by atoms with E-state index in [0.717, 1.165) is 32.5 Å². The van der Waals surface area contributed by atoms with Gasteiger partial charge in [-0.1, -0.05) is 0 Å².